The number of benzene rings is 2. The van der Waals surface area contributed by atoms with Crippen molar-refractivity contribution in [2.24, 2.45) is 0 Å². The Balaban J connectivity index is 1.93. The van der Waals surface area contributed by atoms with Gasteiger partial charge in [0.2, 0.25) is 0 Å². The molecule has 3 nitrogen and oxygen atoms in total. The van der Waals surface area contributed by atoms with Crippen molar-refractivity contribution >= 4 is 11.4 Å². The number of likely N-dealkylation sites (N-methyl/N-ethyl adjacent to an activating group) is 2. The number of nitrogens with zero attached hydrogens (tertiary/aromatic N) is 2. The molecular formula is C17H22N2O. The minimum Gasteiger partial charge on any atom is -0.497 e. The van der Waals surface area contributed by atoms with Gasteiger partial charge < -0.3 is 14.5 Å². The number of hydrogen-bond acceptors (Lipinski definition) is 3. The molecule has 0 unspecified atom stereocenters. The molecule has 0 N–H and O–H groups in total. The van der Waals surface area contributed by atoms with Crippen molar-refractivity contribution in [3.05, 3.63) is 54.6 Å². The Morgan fingerprint density at radius 1 is 0.800 bits per heavy atom. The molecule has 0 aliphatic carbocycles. The average molecular weight is 270 g/mol. The van der Waals surface area contributed by atoms with Gasteiger partial charge >= 0.3 is 0 Å². The number of anilines is 2. The predicted octanol–water partition coefficient (Wildman–Crippen LogP) is 3.27. The zero-order valence-corrected chi connectivity index (χ0v) is 12.4. The van der Waals surface area contributed by atoms with E-state index in [0.29, 0.717) is 0 Å². The Morgan fingerprint density at radius 3 is 2.05 bits per heavy atom. The van der Waals surface area contributed by atoms with Crippen LogP contribution in [0.3, 0.4) is 0 Å². The van der Waals surface area contributed by atoms with Crippen LogP contribution in [0.4, 0.5) is 11.4 Å². The molecule has 0 aliphatic heterocycles. The minimum absolute atomic E-state index is 0.894. The fraction of sp³-hybridized carbons (Fsp3) is 0.294. The van der Waals surface area contributed by atoms with Gasteiger partial charge in [-0.2, -0.15) is 0 Å². The first-order valence-electron chi connectivity index (χ1n) is 6.82. The second-order valence-electron chi connectivity index (χ2n) is 4.88. The van der Waals surface area contributed by atoms with Crippen molar-refractivity contribution in [3.63, 3.8) is 0 Å². The van der Waals surface area contributed by atoms with E-state index in [-0.39, 0.29) is 0 Å². The highest BCUT2D eigenvalue weighted by atomic mass is 16.5. The van der Waals surface area contributed by atoms with Crippen LogP contribution in [0.5, 0.6) is 5.75 Å². The molecule has 2 aromatic rings. The van der Waals surface area contributed by atoms with Crippen molar-refractivity contribution in [1.29, 1.82) is 0 Å². The third-order valence-electron chi connectivity index (χ3n) is 3.46. The van der Waals surface area contributed by atoms with Gasteiger partial charge in [0.25, 0.3) is 0 Å². The predicted molar refractivity (Wildman–Crippen MR) is 86.0 cm³/mol. The monoisotopic (exact) mass is 270 g/mol. The summed E-state index contributed by atoms with van der Waals surface area (Å²) in [6, 6.07) is 18.6. The third kappa shape index (κ3) is 3.67. The molecule has 0 amide bonds. The highest BCUT2D eigenvalue weighted by Gasteiger charge is 2.05. The van der Waals surface area contributed by atoms with Crippen LogP contribution >= 0.6 is 0 Å². The molecule has 0 heterocycles. The van der Waals surface area contributed by atoms with Crippen LogP contribution in [0.25, 0.3) is 0 Å². The molecule has 106 valence electrons. The summed E-state index contributed by atoms with van der Waals surface area (Å²) >= 11 is 0. The highest BCUT2D eigenvalue weighted by Crippen LogP contribution is 2.20. The fourth-order valence-corrected chi connectivity index (χ4v) is 2.09. The zero-order chi connectivity index (χ0) is 14.4. The van der Waals surface area contributed by atoms with Crippen molar-refractivity contribution < 1.29 is 4.74 Å². The summed E-state index contributed by atoms with van der Waals surface area (Å²) < 4.78 is 5.26. The van der Waals surface area contributed by atoms with Crippen LogP contribution < -0.4 is 14.5 Å². The van der Waals surface area contributed by atoms with Gasteiger partial charge in [-0.05, 0) is 24.3 Å². The minimum atomic E-state index is 0.894. The Kier molecular flexibility index (Phi) is 4.88. The molecule has 0 atom stereocenters. The second-order valence-corrected chi connectivity index (χ2v) is 4.88. The summed E-state index contributed by atoms with van der Waals surface area (Å²) in [6.07, 6.45) is 0. The average Bonchev–Trinajstić information content (AvgIpc) is 2.53. The fourth-order valence-electron chi connectivity index (χ4n) is 2.09. The van der Waals surface area contributed by atoms with Gasteiger partial charge in [0, 0.05) is 44.6 Å². The topological polar surface area (TPSA) is 15.7 Å². The molecule has 0 fully saturated rings. The number of ether oxygens (including phenoxy) is 1. The maximum absolute atomic E-state index is 5.26. The third-order valence-corrected chi connectivity index (χ3v) is 3.46. The summed E-state index contributed by atoms with van der Waals surface area (Å²) in [5.41, 5.74) is 2.41. The molecule has 0 aliphatic rings. The molecule has 0 saturated carbocycles. The maximum Gasteiger partial charge on any atom is 0.120 e. The molecule has 20 heavy (non-hydrogen) atoms. The van der Waals surface area contributed by atoms with Gasteiger partial charge in [-0.15, -0.1) is 0 Å². The normalized spacial score (nSPS) is 10.2. The van der Waals surface area contributed by atoms with E-state index in [0.717, 1.165) is 18.8 Å². The van der Waals surface area contributed by atoms with Gasteiger partial charge in [0.1, 0.15) is 5.75 Å². The van der Waals surface area contributed by atoms with E-state index in [2.05, 4.69) is 60.3 Å². The van der Waals surface area contributed by atoms with E-state index < -0.39 is 0 Å². The summed E-state index contributed by atoms with van der Waals surface area (Å²) in [5, 5.41) is 0. The second kappa shape index (κ2) is 6.85. The lowest BCUT2D eigenvalue weighted by Gasteiger charge is -2.25. The number of hydrogen-bond donors (Lipinski definition) is 0. The maximum atomic E-state index is 5.26. The quantitative estimate of drug-likeness (QED) is 0.801. The van der Waals surface area contributed by atoms with E-state index in [1.165, 1.54) is 11.4 Å². The number of para-hydroxylation sites is 1. The number of rotatable bonds is 6. The highest BCUT2D eigenvalue weighted by molar-refractivity contribution is 5.51. The standard InChI is InChI=1S/C17H22N2O/c1-18(15-8-5-4-6-9-15)12-13-19(2)16-10-7-11-17(14-16)20-3/h4-11,14H,12-13H2,1-3H3. The molecule has 0 spiro atoms. The van der Waals surface area contributed by atoms with Gasteiger partial charge in [-0.25, -0.2) is 0 Å². The molecule has 0 radical (unpaired) electrons. The lowest BCUT2D eigenvalue weighted by Crippen LogP contribution is -2.30. The van der Waals surface area contributed by atoms with E-state index in [4.69, 9.17) is 4.74 Å². The summed E-state index contributed by atoms with van der Waals surface area (Å²) in [7, 11) is 5.92. The first kappa shape index (κ1) is 14.3. The SMILES string of the molecule is COc1cccc(N(C)CCN(C)c2ccccc2)c1. The van der Waals surface area contributed by atoms with Crippen LogP contribution in [-0.4, -0.2) is 34.3 Å². The Hall–Kier alpha value is -2.16. The number of methoxy groups -OCH3 is 1. The largest absolute Gasteiger partial charge is 0.497 e. The van der Waals surface area contributed by atoms with Crippen LogP contribution in [-0.2, 0) is 0 Å². The smallest absolute Gasteiger partial charge is 0.120 e. The van der Waals surface area contributed by atoms with Gasteiger partial charge in [0.15, 0.2) is 0 Å². The van der Waals surface area contributed by atoms with Crippen molar-refractivity contribution in [2.75, 3.05) is 44.1 Å². The van der Waals surface area contributed by atoms with Crippen molar-refractivity contribution in [3.8, 4) is 5.75 Å². The van der Waals surface area contributed by atoms with E-state index in [9.17, 15) is 0 Å². The van der Waals surface area contributed by atoms with E-state index >= 15 is 0 Å². The summed E-state index contributed by atoms with van der Waals surface area (Å²) in [6.45, 7) is 1.93. The zero-order valence-electron chi connectivity index (χ0n) is 12.4. The summed E-state index contributed by atoms with van der Waals surface area (Å²) in [5.74, 6) is 0.894. The van der Waals surface area contributed by atoms with Crippen molar-refractivity contribution in [2.45, 2.75) is 0 Å². The Bertz CT molecular complexity index is 528. The summed E-state index contributed by atoms with van der Waals surface area (Å²) in [4.78, 5) is 4.50. The van der Waals surface area contributed by atoms with Gasteiger partial charge in [0.05, 0.1) is 7.11 Å². The van der Waals surface area contributed by atoms with Crippen LogP contribution in [0.1, 0.15) is 0 Å². The molecule has 0 aromatic heterocycles. The van der Waals surface area contributed by atoms with Crippen LogP contribution in [0, 0.1) is 0 Å². The molecule has 2 aromatic carbocycles. The van der Waals surface area contributed by atoms with Gasteiger partial charge in [-0.3, -0.25) is 0 Å². The van der Waals surface area contributed by atoms with Crippen LogP contribution in [0.2, 0.25) is 0 Å². The Labute approximate surface area is 121 Å². The van der Waals surface area contributed by atoms with Crippen molar-refractivity contribution in [1.82, 2.24) is 0 Å². The van der Waals surface area contributed by atoms with E-state index in [1.807, 2.05) is 18.2 Å². The lowest BCUT2D eigenvalue weighted by atomic mass is 10.2. The Morgan fingerprint density at radius 2 is 1.40 bits per heavy atom. The van der Waals surface area contributed by atoms with Crippen LogP contribution in [0.15, 0.2) is 54.6 Å². The molecule has 0 saturated heterocycles. The lowest BCUT2D eigenvalue weighted by molar-refractivity contribution is 0.415. The first-order valence-corrected chi connectivity index (χ1v) is 6.82. The van der Waals surface area contributed by atoms with Gasteiger partial charge in [-0.1, -0.05) is 24.3 Å². The molecule has 0 bridgehead atoms. The molecule has 3 heteroatoms. The molecule has 2 rings (SSSR count). The first-order chi connectivity index (χ1) is 9.70. The van der Waals surface area contributed by atoms with E-state index in [1.54, 1.807) is 7.11 Å². The molecular weight excluding hydrogens is 248 g/mol.